The van der Waals surface area contributed by atoms with Crippen molar-refractivity contribution in [2.24, 2.45) is 5.92 Å². The summed E-state index contributed by atoms with van der Waals surface area (Å²) in [5.74, 6) is 0.666. The Morgan fingerprint density at radius 2 is 2.13 bits per heavy atom. The summed E-state index contributed by atoms with van der Waals surface area (Å²) in [6.07, 6.45) is -1.50. The predicted octanol–water partition coefficient (Wildman–Crippen LogP) is 3.24. The van der Waals surface area contributed by atoms with Crippen molar-refractivity contribution in [2.45, 2.75) is 46.0 Å². The normalized spacial score (nSPS) is 14.9. The summed E-state index contributed by atoms with van der Waals surface area (Å²) in [4.78, 5) is 23.0. The fourth-order valence-corrected chi connectivity index (χ4v) is 3.37. The molecule has 30 heavy (non-hydrogen) atoms. The Balaban J connectivity index is 1.63. The van der Waals surface area contributed by atoms with E-state index in [1.54, 1.807) is 17.2 Å². The first-order valence-electron chi connectivity index (χ1n) is 9.81. The maximum atomic E-state index is 13.1. The fraction of sp³-hybridized carbons (Fsp3) is 0.476. The molecule has 1 aliphatic heterocycles. The largest absolute Gasteiger partial charge is 0.416 e. The minimum absolute atomic E-state index is 0.00852. The molecule has 2 N–H and O–H groups in total. The van der Waals surface area contributed by atoms with Crippen LogP contribution in [0.5, 0.6) is 0 Å². The van der Waals surface area contributed by atoms with Gasteiger partial charge >= 0.3 is 12.2 Å². The van der Waals surface area contributed by atoms with E-state index in [4.69, 9.17) is 0 Å². The molecule has 0 spiro atoms. The highest BCUT2D eigenvalue weighted by atomic mass is 19.4. The van der Waals surface area contributed by atoms with Crippen LogP contribution in [0.4, 0.5) is 18.0 Å². The number of aromatic nitrogens is 2. The Kier molecular flexibility index (Phi) is 6.60. The van der Waals surface area contributed by atoms with Crippen LogP contribution >= 0.6 is 0 Å². The smallest absolute Gasteiger partial charge is 0.396 e. The number of aryl methyl sites for hydroxylation is 1. The van der Waals surface area contributed by atoms with E-state index in [1.807, 2.05) is 6.92 Å². The van der Waals surface area contributed by atoms with E-state index in [0.29, 0.717) is 37.3 Å². The third kappa shape index (κ3) is 5.27. The van der Waals surface area contributed by atoms with Crippen molar-refractivity contribution in [1.29, 1.82) is 0 Å². The topological polar surface area (TPSA) is 78.4 Å². The zero-order valence-corrected chi connectivity index (χ0v) is 17.0. The number of nitrogens with zero attached hydrogens (tertiary/aromatic N) is 3. The van der Waals surface area contributed by atoms with Gasteiger partial charge in [-0.2, -0.15) is 13.2 Å². The van der Waals surface area contributed by atoms with Gasteiger partial charge in [0.25, 0.3) is 0 Å². The first-order chi connectivity index (χ1) is 14.2. The molecule has 1 aliphatic rings. The van der Waals surface area contributed by atoms with Crippen molar-refractivity contribution in [2.75, 3.05) is 13.2 Å². The number of alkyl halides is 3. The van der Waals surface area contributed by atoms with Crippen molar-refractivity contribution in [3.8, 4) is 0 Å². The van der Waals surface area contributed by atoms with Gasteiger partial charge in [-0.1, -0.05) is 19.1 Å². The van der Waals surface area contributed by atoms with E-state index < -0.39 is 11.7 Å². The third-order valence-electron chi connectivity index (χ3n) is 5.18. The van der Waals surface area contributed by atoms with Crippen LogP contribution in [0.1, 0.15) is 40.7 Å². The lowest BCUT2D eigenvalue weighted by Gasteiger charge is -2.28. The molecule has 2 heterocycles. The molecule has 1 aromatic heterocycles. The van der Waals surface area contributed by atoms with Gasteiger partial charge in [0, 0.05) is 32.3 Å². The highest BCUT2D eigenvalue weighted by Crippen LogP contribution is 2.32. The van der Waals surface area contributed by atoms with E-state index in [2.05, 4.69) is 15.3 Å². The van der Waals surface area contributed by atoms with Crippen molar-refractivity contribution >= 4 is 6.03 Å². The van der Waals surface area contributed by atoms with Gasteiger partial charge in [0.2, 0.25) is 0 Å². The number of carbonyl (C=O) groups excluding carboxylic acids is 1. The molecular formula is C21H25F3N4O2. The molecule has 1 aromatic carbocycles. The van der Waals surface area contributed by atoms with Crippen molar-refractivity contribution in [1.82, 2.24) is 20.2 Å². The van der Waals surface area contributed by atoms with Gasteiger partial charge in [-0.25, -0.2) is 14.8 Å². The van der Waals surface area contributed by atoms with Gasteiger partial charge in [0.1, 0.15) is 5.82 Å². The Bertz CT molecular complexity index is 918. The van der Waals surface area contributed by atoms with Crippen molar-refractivity contribution in [3.63, 3.8) is 0 Å². The second kappa shape index (κ2) is 8.99. The average Bonchev–Trinajstić information content (AvgIpc) is 2.71. The summed E-state index contributed by atoms with van der Waals surface area (Å²) in [6.45, 7) is 4.16. The number of carbonyl (C=O) groups is 1. The van der Waals surface area contributed by atoms with Gasteiger partial charge in [0.05, 0.1) is 17.8 Å². The molecule has 2 amide bonds. The van der Waals surface area contributed by atoms with Crippen LogP contribution in [0.2, 0.25) is 0 Å². The number of rotatable bonds is 5. The maximum absolute atomic E-state index is 13.1. The minimum atomic E-state index is -4.42. The number of aliphatic hydroxyl groups excluding tert-OH is 1. The highest BCUT2D eigenvalue weighted by Gasteiger charge is 2.32. The third-order valence-corrected chi connectivity index (χ3v) is 5.18. The number of fused-ring (bicyclic) bond motifs is 1. The number of amides is 2. The van der Waals surface area contributed by atoms with Gasteiger partial charge in [-0.05, 0) is 42.0 Å². The molecule has 9 heteroatoms. The molecule has 0 saturated carbocycles. The minimum Gasteiger partial charge on any atom is -0.396 e. The number of hydrogen-bond donors (Lipinski definition) is 2. The summed E-state index contributed by atoms with van der Waals surface area (Å²) in [7, 11) is 0. The number of benzene rings is 1. The monoisotopic (exact) mass is 422 g/mol. The summed E-state index contributed by atoms with van der Waals surface area (Å²) in [6, 6.07) is 3.72. The first-order valence-corrected chi connectivity index (χ1v) is 9.81. The summed E-state index contributed by atoms with van der Waals surface area (Å²) in [5, 5.41) is 11.9. The Hall–Kier alpha value is -2.68. The molecule has 0 bridgehead atoms. The predicted molar refractivity (Wildman–Crippen MR) is 105 cm³/mol. The molecule has 1 atom stereocenters. The highest BCUT2D eigenvalue weighted by molar-refractivity contribution is 5.74. The molecular weight excluding hydrogens is 397 g/mol. The molecule has 0 saturated heterocycles. The fourth-order valence-electron chi connectivity index (χ4n) is 3.37. The van der Waals surface area contributed by atoms with Crippen LogP contribution in [0, 0.1) is 12.8 Å². The molecule has 2 aromatic rings. The molecule has 0 fully saturated rings. The standard InChI is InChI=1S/C21H25F3N4O2/c1-13(12-29)7-19-25-10-16-5-6-28(11-18(16)27-19)20(30)26-9-15-4-3-14(2)17(8-15)21(22,23)24/h3-4,8,10,13,29H,5-7,9,11-12H2,1-2H3,(H,26,30)/t13-/m1/s1. The lowest BCUT2D eigenvalue weighted by Crippen LogP contribution is -2.43. The molecule has 162 valence electrons. The SMILES string of the molecule is Cc1ccc(CNC(=O)N2CCc3cnc(C[C@@H](C)CO)nc3C2)cc1C(F)(F)F. The number of halogens is 3. The molecule has 0 aliphatic carbocycles. The molecule has 3 rings (SSSR count). The van der Waals surface area contributed by atoms with Gasteiger partial charge in [-0.15, -0.1) is 0 Å². The zero-order chi connectivity index (χ0) is 21.9. The van der Waals surface area contributed by atoms with Gasteiger partial charge < -0.3 is 15.3 Å². The zero-order valence-electron chi connectivity index (χ0n) is 17.0. The lowest BCUT2D eigenvalue weighted by molar-refractivity contribution is -0.138. The van der Waals surface area contributed by atoms with Gasteiger partial charge in [-0.3, -0.25) is 0 Å². The second-order valence-electron chi connectivity index (χ2n) is 7.73. The van der Waals surface area contributed by atoms with Crippen LogP contribution in [-0.4, -0.2) is 39.2 Å². The lowest BCUT2D eigenvalue weighted by atomic mass is 10.0. The number of hydrogen-bond acceptors (Lipinski definition) is 4. The van der Waals surface area contributed by atoms with Crippen LogP contribution in [-0.2, 0) is 32.1 Å². The number of aliphatic hydroxyl groups is 1. The first kappa shape index (κ1) is 22.0. The molecule has 0 radical (unpaired) electrons. The van der Waals surface area contributed by atoms with Crippen LogP contribution in [0.25, 0.3) is 0 Å². The Labute approximate surface area is 173 Å². The van der Waals surface area contributed by atoms with E-state index >= 15 is 0 Å². The quantitative estimate of drug-likeness (QED) is 0.776. The summed E-state index contributed by atoms with van der Waals surface area (Å²) in [5.41, 5.74) is 1.59. The Morgan fingerprint density at radius 3 is 2.83 bits per heavy atom. The average molecular weight is 422 g/mol. The summed E-state index contributed by atoms with van der Waals surface area (Å²) >= 11 is 0. The van der Waals surface area contributed by atoms with Crippen LogP contribution < -0.4 is 5.32 Å². The maximum Gasteiger partial charge on any atom is 0.416 e. The number of nitrogens with one attached hydrogen (secondary N) is 1. The van der Waals surface area contributed by atoms with E-state index in [9.17, 15) is 23.1 Å². The second-order valence-corrected chi connectivity index (χ2v) is 7.73. The molecule has 0 unspecified atom stereocenters. The van der Waals surface area contributed by atoms with Crippen LogP contribution in [0.3, 0.4) is 0 Å². The van der Waals surface area contributed by atoms with Crippen LogP contribution in [0.15, 0.2) is 24.4 Å². The van der Waals surface area contributed by atoms with E-state index in [1.165, 1.54) is 13.0 Å². The van der Waals surface area contributed by atoms with E-state index in [-0.39, 0.29) is 30.7 Å². The van der Waals surface area contributed by atoms with Crippen molar-refractivity contribution in [3.05, 3.63) is 58.2 Å². The molecule has 6 nitrogen and oxygen atoms in total. The number of urea groups is 1. The summed E-state index contributed by atoms with van der Waals surface area (Å²) < 4.78 is 39.2. The van der Waals surface area contributed by atoms with Crippen molar-refractivity contribution < 1.29 is 23.1 Å². The van der Waals surface area contributed by atoms with E-state index in [0.717, 1.165) is 17.3 Å². The Morgan fingerprint density at radius 1 is 1.37 bits per heavy atom. The van der Waals surface area contributed by atoms with Gasteiger partial charge in [0.15, 0.2) is 0 Å².